The maximum Gasteiger partial charge on any atom is 0.253 e. The molecule has 1 aromatic rings. The summed E-state index contributed by atoms with van der Waals surface area (Å²) in [6, 6.07) is 5.82. The van der Waals surface area contributed by atoms with E-state index in [-0.39, 0.29) is 5.91 Å². The molecule has 0 bridgehead atoms. The Morgan fingerprint density at radius 1 is 1.42 bits per heavy atom. The van der Waals surface area contributed by atoms with E-state index in [0.717, 1.165) is 17.9 Å². The van der Waals surface area contributed by atoms with Gasteiger partial charge in [0.2, 0.25) is 0 Å². The minimum atomic E-state index is -0.610. The topological polar surface area (TPSA) is 54.4 Å². The molecule has 1 atom stereocenters. The van der Waals surface area contributed by atoms with Gasteiger partial charge in [0.15, 0.2) is 5.17 Å². The summed E-state index contributed by atoms with van der Waals surface area (Å²) in [5.41, 5.74) is 0.377. The summed E-state index contributed by atoms with van der Waals surface area (Å²) < 4.78 is 0. The van der Waals surface area contributed by atoms with Crippen molar-refractivity contribution in [2.75, 3.05) is 0 Å². The lowest BCUT2D eigenvalue weighted by molar-refractivity contribution is -0.123. The van der Waals surface area contributed by atoms with Crippen LogP contribution in [0.5, 0.6) is 0 Å². The quantitative estimate of drug-likeness (QED) is 0.920. The summed E-state index contributed by atoms with van der Waals surface area (Å²) in [5, 5.41) is 3.57. The monoisotopic (exact) mass is 277 g/mol. The lowest BCUT2D eigenvalue weighted by Crippen LogP contribution is -2.37. The van der Waals surface area contributed by atoms with Gasteiger partial charge in [-0.1, -0.05) is 31.7 Å². The smallest absolute Gasteiger partial charge is 0.253 e. The summed E-state index contributed by atoms with van der Waals surface area (Å²) in [4.78, 5) is 20.8. The van der Waals surface area contributed by atoms with E-state index in [1.54, 1.807) is 6.20 Å². The molecule has 1 aliphatic heterocycles. The minimum absolute atomic E-state index is 0.00437. The molecule has 1 aliphatic rings. The Kier molecular flexibility index (Phi) is 4.24. The van der Waals surface area contributed by atoms with Crippen LogP contribution >= 0.6 is 11.8 Å². The van der Waals surface area contributed by atoms with Crippen LogP contribution < -0.4 is 5.32 Å². The average molecular weight is 277 g/mol. The highest BCUT2D eigenvalue weighted by Gasteiger charge is 2.39. The molecule has 0 saturated carbocycles. The second-order valence-electron chi connectivity index (χ2n) is 5.35. The van der Waals surface area contributed by atoms with Crippen LogP contribution in [0.15, 0.2) is 29.4 Å². The molecule has 4 nitrogen and oxygen atoms in total. The van der Waals surface area contributed by atoms with Crippen molar-refractivity contribution in [1.29, 1.82) is 0 Å². The van der Waals surface area contributed by atoms with E-state index in [0.29, 0.717) is 11.1 Å². The molecule has 1 N–H and O–H groups in total. The number of aliphatic imine (C=N–C) groups is 1. The second kappa shape index (κ2) is 5.74. The van der Waals surface area contributed by atoms with Gasteiger partial charge in [-0.25, -0.2) is 4.99 Å². The highest BCUT2D eigenvalue weighted by molar-refractivity contribution is 8.13. The molecule has 2 heterocycles. The van der Waals surface area contributed by atoms with Crippen molar-refractivity contribution in [1.82, 2.24) is 10.3 Å². The van der Waals surface area contributed by atoms with Crippen LogP contribution in [0.25, 0.3) is 0 Å². The van der Waals surface area contributed by atoms with Gasteiger partial charge >= 0.3 is 0 Å². The molecule has 5 heteroatoms. The van der Waals surface area contributed by atoms with Crippen molar-refractivity contribution >= 4 is 22.8 Å². The van der Waals surface area contributed by atoms with Crippen LogP contribution in [-0.2, 0) is 10.5 Å². The third-order valence-corrected chi connectivity index (χ3v) is 3.85. The van der Waals surface area contributed by atoms with E-state index in [4.69, 9.17) is 0 Å². The largest absolute Gasteiger partial charge is 0.303 e. The maximum absolute atomic E-state index is 12.0. The third kappa shape index (κ3) is 3.56. The lowest BCUT2D eigenvalue weighted by Gasteiger charge is -2.19. The predicted octanol–water partition coefficient (Wildman–Crippen LogP) is 2.61. The molecule has 0 aromatic carbocycles. The normalized spacial score (nSPS) is 22.5. The number of pyridine rings is 1. The molecule has 0 aliphatic carbocycles. The molecule has 102 valence electrons. The van der Waals surface area contributed by atoms with Crippen LogP contribution in [0.1, 0.15) is 32.9 Å². The number of carbonyl (C=O) groups is 1. The van der Waals surface area contributed by atoms with Gasteiger partial charge in [-0.15, -0.1) is 0 Å². The minimum Gasteiger partial charge on any atom is -0.303 e. The molecule has 19 heavy (non-hydrogen) atoms. The first kappa shape index (κ1) is 14.1. The number of amidine groups is 1. The molecular formula is C14H19N3OS. The van der Waals surface area contributed by atoms with E-state index in [1.807, 2.05) is 25.1 Å². The number of hydrogen-bond acceptors (Lipinski definition) is 4. The maximum atomic E-state index is 12.0. The van der Waals surface area contributed by atoms with Crippen molar-refractivity contribution in [2.24, 2.45) is 10.9 Å². The van der Waals surface area contributed by atoms with Gasteiger partial charge in [-0.3, -0.25) is 9.78 Å². The Hall–Kier alpha value is -1.36. The second-order valence-corrected chi connectivity index (χ2v) is 6.32. The summed E-state index contributed by atoms with van der Waals surface area (Å²) in [5.74, 6) is 1.17. The Bertz CT molecular complexity index is 487. The standard InChI is InChI=1S/C14H19N3OS/c1-10(2)8-14(3)12(18)16-13(17-14)19-9-11-6-4-5-7-15-11/h4-7,10H,8-9H2,1-3H3,(H,16,17,18). The fraction of sp³-hybridized carbons (Fsp3) is 0.500. The molecule has 2 rings (SSSR count). The van der Waals surface area contributed by atoms with Gasteiger partial charge in [-0.2, -0.15) is 0 Å². The first-order chi connectivity index (χ1) is 8.99. The molecule has 1 aromatic heterocycles. The number of amides is 1. The van der Waals surface area contributed by atoms with Gasteiger partial charge in [0.1, 0.15) is 5.54 Å². The van der Waals surface area contributed by atoms with Gasteiger partial charge in [-0.05, 0) is 31.4 Å². The van der Waals surface area contributed by atoms with Gasteiger partial charge in [0.25, 0.3) is 5.91 Å². The first-order valence-corrected chi connectivity index (χ1v) is 7.42. The summed E-state index contributed by atoms with van der Waals surface area (Å²) in [6.07, 6.45) is 2.54. The van der Waals surface area contributed by atoms with E-state index in [2.05, 4.69) is 29.1 Å². The zero-order valence-electron chi connectivity index (χ0n) is 11.5. The van der Waals surface area contributed by atoms with Crippen molar-refractivity contribution in [3.63, 3.8) is 0 Å². The molecular weight excluding hydrogens is 258 g/mol. The van der Waals surface area contributed by atoms with Crippen molar-refractivity contribution in [2.45, 2.75) is 38.5 Å². The summed E-state index contributed by atoms with van der Waals surface area (Å²) >= 11 is 1.53. The van der Waals surface area contributed by atoms with Crippen molar-refractivity contribution in [3.05, 3.63) is 30.1 Å². The Labute approximate surface area is 118 Å². The number of carbonyl (C=O) groups excluding carboxylic acids is 1. The molecule has 1 amide bonds. The summed E-state index contributed by atoms with van der Waals surface area (Å²) in [6.45, 7) is 6.11. The Morgan fingerprint density at radius 3 is 2.84 bits per heavy atom. The fourth-order valence-electron chi connectivity index (χ4n) is 2.16. The zero-order chi connectivity index (χ0) is 13.9. The SMILES string of the molecule is CC(C)CC1(C)N=C(SCc2ccccn2)NC1=O. The van der Waals surface area contributed by atoms with Crippen LogP contribution in [0.3, 0.4) is 0 Å². The van der Waals surface area contributed by atoms with Gasteiger partial charge in [0.05, 0.1) is 5.69 Å². The van der Waals surface area contributed by atoms with E-state index in [9.17, 15) is 4.79 Å². The first-order valence-electron chi connectivity index (χ1n) is 6.43. The third-order valence-electron chi connectivity index (χ3n) is 2.95. The van der Waals surface area contributed by atoms with Crippen LogP contribution in [0, 0.1) is 5.92 Å². The molecule has 1 unspecified atom stereocenters. The molecule has 0 radical (unpaired) electrons. The van der Waals surface area contributed by atoms with E-state index in [1.165, 1.54) is 11.8 Å². The number of aromatic nitrogens is 1. The summed E-state index contributed by atoms with van der Waals surface area (Å²) in [7, 11) is 0. The van der Waals surface area contributed by atoms with Crippen molar-refractivity contribution < 1.29 is 4.79 Å². The van der Waals surface area contributed by atoms with Gasteiger partial charge < -0.3 is 5.32 Å². The Morgan fingerprint density at radius 2 is 2.21 bits per heavy atom. The number of thioether (sulfide) groups is 1. The Balaban J connectivity index is 1.99. The van der Waals surface area contributed by atoms with Crippen molar-refractivity contribution in [3.8, 4) is 0 Å². The van der Waals surface area contributed by atoms with Crippen LogP contribution in [0.4, 0.5) is 0 Å². The highest BCUT2D eigenvalue weighted by Crippen LogP contribution is 2.27. The number of nitrogens with one attached hydrogen (secondary N) is 1. The average Bonchev–Trinajstić information content (AvgIpc) is 2.62. The molecule has 0 fully saturated rings. The molecule has 0 spiro atoms. The lowest BCUT2D eigenvalue weighted by atomic mass is 9.91. The number of hydrogen-bond donors (Lipinski definition) is 1. The van der Waals surface area contributed by atoms with Gasteiger partial charge in [0, 0.05) is 11.9 Å². The van der Waals surface area contributed by atoms with Crippen LogP contribution in [0.2, 0.25) is 0 Å². The van der Waals surface area contributed by atoms with E-state index < -0.39 is 5.54 Å². The fourth-order valence-corrected chi connectivity index (χ4v) is 3.05. The van der Waals surface area contributed by atoms with Crippen LogP contribution in [-0.4, -0.2) is 21.6 Å². The number of rotatable bonds is 4. The predicted molar refractivity (Wildman–Crippen MR) is 79.0 cm³/mol. The highest BCUT2D eigenvalue weighted by atomic mass is 32.2. The zero-order valence-corrected chi connectivity index (χ0v) is 12.3. The molecule has 0 saturated heterocycles. The number of nitrogens with zero attached hydrogens (tertiary/aromatic N) is 2. The van der Waals surface area contributed by atoms with E-state index >= 15 is 0 Å².